The van der Waals surface area contributed by atoms with E-state index in [1.54, 1.807) is 24.5 Å². The van der Waals surface area contributed by atoms with E-state index in [0.717, 1.165) is 18.7 Å². The zero-order valence-electron chi connectivity index (χ0n) is 14.4. The van der Waals surface area contributed by atoms with E-state index < -0.39 is 0 Å². The highest BCUT2D eigenvalue weighted by atomic mass is 16.5. The molecule has 1 amide bonds. The second-order valence-electron chi connectivity index (χ2n) is 6.39. The largest absolute Gasteiger partial charge is 0.380 e. The van der Waals surface area contributed by atoms with Crippen LogP contribution in [0.1, 0.15) is 16.8 Å². The maximum Gasteiger partial charge on any atom is 0.253 e. The van der Waals surface area contributed by atoms with Gasteiger partial charge in [-0.25, -0.2) is 4.98 Å². The van der Waals surface area contributed by atoms with E-state index in [1.165, 1.54) is 0 Å². The Labute approximate surface area is 142 Å². The maximum absolute atomic E-state index is 12.6. The smallest absolute Gasteiger partial charge is 0.253 e. The third-order valence-corrected chi connectivity index (χ3v) is 4.73. The number of imidazole rings is 1. The average Bonchev–Trinajstić information content (AvgIpc) is 3.25. The van der Waals surface area contributed by atoms with Gasteiger partial charge >= 0.3 is 0 Å². The van der Waals surface area contributed by atoms with Gasteiger partial charge in [-0.2, -0.15) is 0 Å². The Kier molecular flexibility index (Phi) is 4.97. The fraction of sp³-hybridized carbons (Fsp3) is 0.444. The summed E-state index contributed by atoms with van der Waals surface area (Å²) >= 11 is 0. The number of likely N-dealkylation sites (N-methyl/N-ethyl adjacent to an activating group) is 2. The Balaban J connectivity index is 1.63. The molecule has 0 unspecified atom stereocenters. The van der Waals surface area contributed by atoms with Gasteiger partial charge in [0.15, 0.2) is 0 Å². The number of hydrogen-bond donors (Lipinski definition) is 0. The van der Waals surface area contributed by atoms with Gasteiger partial charge in [0.1, 0.15) is 0 Å². The SMILES string of the molecule is CO[C@H]1C[C@@H](CN(C)C(=O)c2ccc(-n3ccnc3)cc2)N(C)C1. The molecule has 2 atom stereocenters. The second kappa shape index (κ2) is 7.15. The van der Waals surface area contributed by atoms with Crippen molar-refractivity contribution in [3.05, 3.63) is 48.5 Å². The van der Waals surface area contributed by atoms with E-state index in [-0.39, 0.29) is 12.0 Å². The van der Waals surface area contributed by atoms with Crippen LogP contribution in [0.2, 0.25) is 0 Å². The molecule has 128 valence electrons. The molecule has 0 aliphatic carbocycles. The molecule has 0 N–H and O–H groups in total. The van der Waals surface area contributed by atoms with Crippen molar-refractivity contribution in [2.75, 3.05) is 34.3 Å². The van der Waals surface area contributed by atoms with E-state index >= 15 is 0 Å². The lowest BCUT2D eigenvalue weighted by Gasteiger charge is -2.25. The van der Waals surface area contributed by atoms with Gasteiger partial charge < -0.3 is 14.2 Å². The zero-order valence-corrected chi connectivity index (χ0v) is 14.4. The molecule has 3 rings (SSSR count). The molecule has 0 spiro atoms. The van der Waals surface area contributed by atoms with Gasteiger partial charge in [-0.05, 0) is 37.7 Å². The van der Waals surface area contributed by atoms with Crippen molar-refractivity contribution in [1.82, 2.24) is 19.4 Å². The monoisotopic (exact) mass is 328 g/mol. The zero-order chi connectivity index (χ0) is 17.1. The molecule has 1 aromatic carbocycles. The predicted octanol–water partition coefficient (Wildman–Crippen LogP) is 1.66. The number of hydrogen-bond acceptors (Lipinski definition) is 4. The molecule has 1 saturated heterocycles. The fourth-order valence-electron chi connectivity index (χ4n) is 3.22. The molecule has 6 nitrogen and oxygen atoms in total. The molecule has 1 fully saturated rings. The lowest BCUT2D eigenvalue weighted by molar-refractivity contribution is 0.0760. The van der Waals surface area contributed by atoms with Crippen molar-refractivity contribution >= 4 is 5.91 Å². The second-order valence-corrected chi connectivity index (χ2v) is 6.39. The van der Waals surface area contributed by atoms with Gasteiger partial charge in [0.05, 0.1) is 12.4 Å². The summed E-state index contributed by atoms with van der Waals surface area (Å²) in [7, 11) is 5.69. The lowest BCUT2D eigenvalue weighted by atomic mass is 10.1. The van der Waals surface area contributed by atoms with Crippen molar-refractivity contribution in [2.24, 2.45) is 0 Å². The third kappa shape index (κ3) is 3.49. The number of amides is 1. The standard InChI is InChI=1S/C18H24N4O2/c1-20-12-17(24-3)10-16(20)11-21(2)18(23)14-4-6-15(7-5-14)22-9-8-19-13-22/h4-9,13,16-17H,10-12H2,1-3H3/t16-,17-/m0/s1. The van der Waals surface area contributed by atoms with E-state index in [1.807, 2.05) is 42.1 Å². The minimum Gasteiger partial charge on any atom is -0.380 e. The van der Waals surface area contributed by atoms with Gasteiger partial charge in [-0.3, -0.25) is 9.69 Å². The molecule has 1 aliphatic heterocycles. The molecule has 24 heavy (non-hydrogen) atoms. The van der Waals surface area contributed by atoms with Crippen LogP contribution >= 0.6 is 0 Å². The highest BCUT2D eigenvalue weighted by Gasteiger charge is 2.31. The van der Waals surface area contributed by atoms with Crippen LogP contribution in [0, 0.1) is 0 Å². The Morgan fingerprint density at radius 3 is 2.71 bits per heavy atom. The summed E-state index contributed by atoms with van der Waals surface area (Å²) in [6, 6.07) is 7.94. The Morgan fingerprint density at radius 2 is 2.12 bits per heavy atom. The number of rotatable bonds is 5. The van der Waals surface area contributed by atoms with Crippen LogP contribution in [0.3, 0.4) is 0 Å². The van der Waals surface area contributed by atoms with E-state index in [0.29, 0.717) is 18.2 Å². The minimum absolute atomic E-state index is 0.0430. The maximum atomic E-state index is 12.6. The molecule has 6 heteroatoms. The van der Waals surface area contributed by atoms with Crippen LogP contribution in [0.4, 0.5) is 0 Å². The number of methoxy groups -OCH3 is 1. The van der Waals surface area contributed by atoms with E-state index in [4.69, 9.17) is 4.74 Å². The van der Waals surface area contributed by atoms with E-state index in [2.05, 4.69) is 16.9 Å². The van der Waals surface area contributed by atoms with Gasteiger partial charge in [-0.1, -0.05) is 0 Å². The first kappa shape index (κ1) is 16.7. The molecule has 1 aliphatic rings. The van der Waals surface area contributed by atoms with E-state index in [9.17, 15) is 4.79 Å². The summed E-state index contributed by atoms with van der Waals surface area (Å²) < 4.78 is 7.35. The highest BCUT2D eigenvalue weighted by Crippen LogP contribution is 2.19. The number of ether oxygens (including phenoxy) is 1. The van der Waals surface area contributed by atoms with Gasteiger partial charge in [0, 0.05) is 56.9 Å². The molecule has 0 saturated carbocycles. The number of carbonyl (C=O) groups excluding carboxylic acids is 1. The minimum atomic E-state index is 0.0430. The molecule has 0 bridgehead atoms. The number of likely N-dealkylation sites (tertiary alicyclic amines) is 1. The normalized spacial score (nSPS) is 21.1. The van der Waals surface area contributed by atoms with Crippen molar-refractivity contribution in [1.29, 1.82) is 0 Å². The Morgan fingerprint density at radius 1 is 1.38 bits per heavy atom. The number of benzene rings is 1. The summed E-state index contributed by atoms with van der Waals surface area (Å²) in [5, 5.41) is 0. The van der Waals surface area contributed by atoms with Crippen molar-refractivity contribution in [3.8, 4) is 5.69 Å². The van der Waals surface area contributed by atoms with Gasteiger partial charge in [0.2, 0.25) is 0 Å². The van der Waals surface area contributed by atoms with Crippen LogP contribution in [0.5, 0.6) is 0 Å². The van der Waals surface area contributed by atoms with Crippen molar-refractivity contribution in [2.45, 2.75) is 18.6 Å². The van der Waals surface area contributed by atoms with Gasteiger partial charge in [-0.15, -0.1) is 0 Å². The topological polar surface area (TPSA) is 50.6 Å². The fourth-order valence-corrected chi connectivity index (χ4v) is 3.22. The van der Waals surface area contributed by atoms with Crippen LogP contribution in [-0.2, 0) is 4.74 Å². The third-order valence-electron chi connectivity index (χ3n) is 4.73. The quantitative estimate of drug-likeness (QED) is 0.838. The first-order valence-electron chi connectivity index (χ1n) is 8.15. The van der Waals surface area contributed by atoms with Crippen molar-refractivity contribution < 1.29 is 9.53 Å². The first-order chi connectivity index (χ1) is 11.6. The molecular formula is C18H24N4O2. The number of nitrogens with zero attached hydrogens (tertiary/aromatic N) is 4. The number of carbonyl (C=O) groups is 1. The number of aromatic nitrogens is 2. The average molecular weight is 328 g/mol. The molecule has 1 aromatic heterocycles. The summed E-state index contributed by atoms with van der Waals surface area (Å²) in [4.78, 5) is 20.7. The first-order valence-corrected chi connectivity index (χ1v) is 8.15. The lowest BCUT2D eigenvalue weighted by Crippen LogP contribution is -2.39. The Hall–Kier alpha value is -2.18. The molecule has 2 heterocycles. The van der Waals surface area contributed by atoms with Crippen LogP contribution in [0.15, 0.2) is 43.0 Å². The summed E-state index contributed by atoms with van der Waals surface area (Å²) in [5.74, 6) is 0.0430. The summed E-state index contributed by atoms with van der Waals surface area (Å²) in [6.07, 6.45) is 6.58. The molecule has 2 aromatic rings. The van der Waals surface area contributed by atoms with Crippen LogP contribution in [0.25, 0.3) is 5.69 Å². The van der Waals surface area contributed by atoms with Crippen molar-refractivity contribution in [3.63, 3.8) is 0 Å². The highest BCUT2D eigenvalue weighted by molar-refractivity contribution is 5.94. The molecular weight excluding hydrogens is 304 g/mol. The summed E-state index contributed by atoms with van der Waals surface area (Å²) in [6.45, 7) is 1.63. The van der Waals surface area contributed by atoms with Crippen LogP contribution in [-0.4, -0.2) is 71.7 Å². The Bertz CT molecular complexity index is 669. The van der Waals surface area contributed by atoms with Gasteiger partial charge in [0.25, 0.3) is 5.91 Å². The van der Waals surface area contributed by atoms with Crippen LogP contribution < -0.4 is 0 Å². The molecule has 0 radical (unpaired) electrons. The predicted molar refractivity (Wildman–Crippen MR) is 92.4 cm³/mol. The summed E-state index contributed by atoms with van der Waals surface area (Å²) in [5.41, 5.74) is 1.69.